The van der Waals surface area contributed by atoms with Crippen LogP contribution in [0.5, 0.6) is 0 Å². The Morgan fingerprint density at radius 2 is 1.03 bits per heavy atom. The molecule has 0 atom stereocenters. The summed E-state index contributed by atoms with van der Waals surface area (Å²) in [6, 6.07) is 8.56. The van der Waals surface area contributed by atoms with Crippen molar-refractivity contribution < 1.29 is 43.7 Å². The predicted molar refractivity (Wildman–Crippen MR) is 117 cm³/mol. The van der Waals surface area contributed by atoms with Crippen LogP contribution in [0.3, 0.4) is 0 Å². The van der Waals surface area contributed by atoms with Gasteiger partial charge in [0.25, 0.3) is 0 Å². The van der Waals surface area contributed by atoms with Gasteiger partial charge in [0.15, 0.2) is 0 Å². The number of hydrogen-bond donors (Lipinski definition) is 2. The third-order valence-electron chi connectivity index (χ3n) is 4.00. The first kappa shape index (κ1) is 29.9. The van der Waals surface area contributed by atoms with Crippen LogP contribution in [0, 0.1) is 0 Å². The Hall–Kier alpha value is -1.14. The summed E-state index contributed by atoms with van der Waals surface area (Å²) in [6.45, 7) is 10.7. The van der Waals surface area contributed by atoms with E-state index in [0.717, 1.165) is 0 Å². The Labute approximate surface area is 186 Å². The van der Waals surface area contributed by atoms with Crippen molar-refractivity contribution in [2.75, 3.05) is 80.0 Å². The highest BCUT2D eigenvalue weighted by Gasteiger charge is 1.99. The zero-order valence-corrected chi connectivity index (χ0v) is 19.1. The van der Waals surface area contributed by atoms with Gasteiger partial charge in [-0.25, -0.2) is 0 Å². The van der Waals surface area contributed by atoms with Gasteiger partial charge in [-0.15, -0.1) is 0 Å². The molecule has 0 saturated heterocycles. The van der Waals surface area contributed by atoms with Gasteiger partial charge in [0.05, 0.1) is 72.7 Å². The van der Waals surface area contributed by atoms with Crippen LogP contribution in [0.25, 0.3) is 0 Å². The number of hydrogen-bond acceptors (Lipinski definition) is 9. The third-order valence-corrected chi connectivity index (χ3v) is 4.00. The molecule has 0 bridgehead atoms. The van der Waals surface area contributed by atoms with E-state index in [2.05, 4.69) is 38.1 Å². The van der Waals surface area contributed by atoms with Gasteiger partial charge < -0.3 is 33.2 Å². The van der Waals surface area contributed by atoms with Gasteiger partial charge in [0, 0.05) is 7.11 Å². The van der Waals surface area contributed by atoms with Gasteiger partial charge in [-0.2, -0.15) is 0 Å². The molecule has 0 fully saturated rings. The van der Waals surface area contributed by atoms with E-state index >= 15 is 0 Å². The lowest BCUT2D eigenvalue weighted by atomic mass is 10.0. The Morgan fingerprint density at radius 3 is 1.48 bits per heavy atom. The maximum atomic E-state index is 6.00. The molecule has 31 heavy (non-hydrogen) atoms. The monoisotopic (exact) mass is 448 g/mol. The second-order valence-corrected chi connectivity index (χ2v) is 6.71. The Kier molecular flexibility index (Phi) is 22.7. The smallest absolute Gasteiger partial charge is 0.146 e. The average Bonchev–Trinajstić information content (AvgIpc) is 2.80. The molecule has 0 amide bonds. The summed E-state index contributed by atoms with van der Waals surface area (Å²) in [5, 5.41) is 12.0. The van der Waals surface area contributed by atoms with Crippen LogP contribution in [-0.4, -0.2) is 90.5 Å². The molecule has 0 unspecified atom stereocenters. The van der Waals surface area contributed by atoms with E-state index in [9.17, 15) is 0 Å². The van der Waals surface area contributed by atoms with Gasteiger partial charge in [0.1, 0.15) is 6.79 Å². The number of benzene rings is 1. The van der Waals surface area contributed by atoms with Crippen molar-refractivity contribution in [3.63, 3.8) is 0 Å². The molecule has 2 N–H and O–H groups in total. The molecule has 0 radical (unpaired) electrons. The zero-order valence-electron chi connectivity index (χ0n) is 19.1. The fourth-order valence-corrected chi connectivity index (χ4v) is 2.29. The molecule has 9 nitrogen and oxygen atoms in total. The van der Waals surface area contributed by atoms with E-state index in [0.29, 0.717) is 78.6 Å². The molecule has 1 aromatic carbocycles. The first-order chi connectivity index (χ1) is 15.2. The van der Waals surface area contributed by atoms with Crippen LogP contribution in [0.15, 0.2) is 24.3 Å². The molecular formula is C22H40O9. The van der Waals surface area contributed by atoms with E-state index in [1.54, 1.807) is 7.11 Å². The summed E-state index contributed by atoms with van der Waals surface area (Å²) in [4.78, 5) is 0. The van der Waals surface area contributed by atoms with Crippen LogP contribution in [0.1, 0.15) is 30.9 Å². The quantitative estimate of drug-likeness (QED) is 0.135. The zero-order chi connectivity index (χ0) is 23.0. The molecule has 0 aliphatic rings. The fraction of sp³-hybridized carbons (Fsp3) is 0.727. The highest BCUT2D eigenvalue weighted by Crippen LogP contribution is 2.14. The molecule has 0 aromatic heterocycles. The summed E-state index contributed by atoms with van der Waals surface area (Å²) in [5.74, 6) is 0.553. The summed E-state index contributed by atoms with van der Waals surface area (Å²) >= 11 is 0. The van der Waals surface area contributed by atoms with Gasteiger partial charge in [0.2, 0.25) is 0 Å². The van der Waals surface area contributed by atoms with Crippen molar-refractivity contribution in [3.05, 3.63) is 35.4 Å². The predicted octanol–water partition coefficient (Wildman–Crippen LogP) is 3.03. The highest BCUT2D eigenvalue weighted by molar-refractivity contribution is 5.24. The Bertz CT molecular complexity index is 469. The van der Waals surface area contributed by atoms with Crippen LogP contribution in [0.2, 0.25) is 0 Å². The number of rotatable bonds is 20. The molecular weight excluding hydrogens is 408 g/mol. The second kappa shape index (κ2) is 23.5. The van der Waals surface area contributed by atoms with Gasteiger partial charge >= 0.3 is 0 Å². The lowest BCUT2D eigenvalue weighted by Crippen LogP contribution is -2.14. The third kappa shape index (κ3) is 19.3. The average molecular weight is 449 g/mol. The molecule has 182 valence electrons. The van der Waals surface area contributed by atoms with E-state index in [1.807, 2.05) is 0 Å². The van der Waals surface area contributed by atoms with E-state index < -0.39 is 0 Å². The molecule has 0 aliphatic heterocycles. The Morgan fingerprint density at radius 1 is 0.613 bits per heavy atom. The molecule has 9 heteroatoms. The molecule has 0 spiro atoms. The van der Waals surface area contributed by atoms with E-state index in [1.165, 1.54) is 11.1 Å². The van der Waals surface area contributed by atoms with Crippen LogP contribution in [0.4, 0.5) is 0 Å². The van der Waals surface area contributed by atoms with Crippen molar-refractivity contribution in [1.82, 2.24) is 0 Å². The van der Waals surface area contributed by atoms with Crippen LogP contribution in [-0.2, 0) is 39.8 Å². The van der Waals surface area contributed by atoms with Gasteiger partial charge in [-0.1, -0.05) is 38.1 Å². The van der Waals surface area contributed by atoms with Gasteiger partial charge in [-0.3, -0.25) is 10.5 Å². The van der Waals surface area contributed by atoms with Crippen molar-refractivity contribution in [2.24, 2.45) is 0 Å². The minimum Gasteiger partial charge on any atom is -0.382 e. The van der Waals surface area contributed by atoms with Crippen molar-refractivity contribution in [3.8, 4) is 0 Å². The fourth-order valence-electron chi connectivity index (χ4n) is 2.29. The van der Waals surface area contributed by atoms with Crippen LogP contribution < -0.4 is 0 Å². The lowest BCUT2D eigenvalue weighted by molar-refractivity contribution is -0.176. The van der Waals surface area contributed by atoms with E-state index in [4.69, 9.17) is 43.7 Å². The highest BCUT2D eigenvalue weighted by atomic mass is 17.0. The maximum absolute atomic E-state index is 6.00. The summed E-state index contributed by atoms with van der Waals surface area (Å²) in [7, 11) is 1.63. The molecule has 1 rings (SSSR count). The maximum Gasteiger partial charge on any atom is 0.146 e. The summed E-state index contributed by atoms with van der Waals surface area (Å²) < 4.78 is 37.2. The van der Waals surface area contributed by atoms with Gasteiger partial charge in [-0.05, 0) is 17.0 Å². The summed E-state index contributed by atoms with van der Waals surface area (Å²) in [6.07, 6.45) is 0. The Balaban J connectivity index is 0.00000436. The molecule has 0 saturated carbocycles. The SMILES string of the molecule is COCCOCOCCOCCOCCOCCOCc1ccc(C(C)C)cc1.OO. The second-order valence-electron chi connectivity index (χ2n) is 6.71. The minimum atomic E-state index is 0.259. The topological polar surface area (TPSA) is 105 Å². The number of ether oxygens (including phenoxy) is 7. The summed E-state index contributed by atoms with van der Waals surface area (Å²) in [5.41, 5.74) is 2.53. The van der Waals surface area contributed by atoms with Crippen molar-refractivity contribution >= 4 is 0 Å². The molecule has 0 heterocycles. The lowest BCUT2D eigenvalue weighted by Gasteiger charge is -2.09. The van der Waals surface area contributed by atoms with Crippen LogP contribution >= 0.6 is 0 Å². The minimum absolute atomic E-state index is 0.259. The molecule has 1 aromatic rings. The molecule has 0 aliphatic carbocycles. The van der Waals surface area contributed by atoms with E-state index in [-0.39, 0.29) is 6.79 Å². The first-order valence-corrected chi connectivity index (χ1v) is 10.5. The number of methoxy groups -OCH3 is 1. The normalized spacial score (nSPS) is 10.9. The standard InChI is InChI=1S/C22H38O7.H2O2/c1-20(2)22-6-4-21(5-7-22)18-27-16-14-25-12-10-24-11-13-26-15-17-29-19-28-9-8-23-3;1-2/h4-7,20H,8-19H2,1-3H3;1-2H. The van der Waals surface area contributed by atoms with Crippen molar-refractivity contribution in [2.45, 2.75) is 26.4 Å². The largest absolute Gasteiger partial charge is 0.382 e. The first-order valence-electron chi connectivity index (χ1n) is 10.5. The van der Waals surface area contributed by atoms with Crippen molar-refractivity contribution in [1.29, 1.82) is 0 Å².